The molecule has 25 heavy (non-hydrogen) atoms. The molecule has 1 saturated heterocycles. The van der Waals surface area contributed by atoms with E-state index in [1.165, 1.54) is 5.69 Å². The Morgan fingerprint density at radius 3 is 2.36 bits per heavy atom. The van der Waals surface area contributed by atoms with Gasteiger partial charge in [0, 0.05) is 50.5 Å². The molecule has 1 aliphatic rings. The Morgan fingerprint density at radius 2 is 1.84 bits per heavy atom. The maximum atomic E-state index is 12.2. The highest BCUT2D eigenvalue weighted by atomic mass is 32.2. The summed E-state index contributed by atoms with van der Waals surface area (Å²) >= 11 is 0. The smallest absolute Gasteiger partial charge is 0.224 e. The first-order valence-corrected chi connectivity index (χ1v) is 10.7. The summed E-state index contributed by atoms with van der Waals surface area (Å²) in [6.07, 6.45) is 0.898. The summed E-state index contributed by atoms with van der Waals surface area (Å²) < 4.78 is 23.1. The molecule has 2 rings (SSSR count). The van der Waals surface area contributed by atoms with Crippen LogP contribution in [0.3, 0.4) is 0 Å². The molecule has 0 aromatic heterocycles. The lowest BCUT2D eigenvalue weighted by Crippen LogP contribution is -2.38. The molecule has 1 fully saturated rings. The molecule has 1 aliphatic heterocycles. The van der Waals surface area contributed by atoms with Crippen molar-refractivity contribution in [3.05, 3.63) is 24.3 Å². The number of anilines is 2. The molecule has 0 spiro atoms. The van der Waals surface area contributed by atoms with Crippen molar-refractivity contribution < 1.29 is 13.2 Å². The van der Waals surface area contributed by atoms with Crippen LogP contribution in [0.4, 0.5) is 11.4 Å². The Labute approximate surface area is 151 Å². The average Bonchev–Trinajstić information content (AvgIpc) is 2.96. The molecule has 6 nitrogen and oxygen atoms in total. The summed E-state index contributed by atoms with van der Waals surface area (Å²) in [7, 11) is -1.27. The third kappa shape index (κ3) is 5.36. The van der Waals surface area contributed by atoms with E-state index < -0.39 is 9.84 Å². The van der Waals surface area contributed by atoms with Gasteiger partial charge in [0.2, 0.25) is 5.91 Å². The molecule has 1 aromatic rings. The van der Waals surface area contributed by atoms with E-state index >= 15 is 0 Å². The molecule has 0 aliphatic carbocycles. The van der Waals surface area contributed by atoms with Crippen LogP contribution < -0.4 is 10.2 Å². The molecular formula is C18H29N3O3S. The quantitative estimate of drug-likeness (QED) is 0.761. The Bertz CT molecular complexity index is 669. The van der Waals surface area contributed by atoms with Crippen LogP contribution in [0.15, 0.2) is 24.3 Å². The van der Waals surface area contributed by atoms with E-state index in [2.05, 4.69) is 36.2 Å². The summed E-state index contributed by atoms with van der Waals surface area (Å²) in [4.78, 5) is 16.1. The predicted octanol–water partition coefficient (Wildman–Crippen LogP) is 1.98. The van der Waals surface area contributed by atoms with Crippen molar-refractivity contribution in [1.29, 1.82) is 0 Å². The normalized spacial score (nSPS) is 18.8. The summed E-state index contributed by atoms with van der Waals surface area (Å²) in [5, 5.41) is 3.26. The van der Waals surface area contributed by atoms with Gasteiger partial charge in [-0.3, -0.25) is 4.79 Å². The van der Waals surface area contributed by atoms with E-state index in [0.717, 1.165) is 18.8 Å². The summed E-state index contributed by atoms with van der Waals surface area (Å²) in [5.74, 6) is 0.261. The summed E-state index contributed by atoms with van der Waals surface area (Å²) in [6.45, 7) is 6.75. The first kappa shape index (κ1) is 19.6. The van der Waals surface area contributed by atoms with Gasteiger partial charge in [-0.25, -0.2) is 8.42 Å². The maximum Gasteiger partial charge on any atom is 0.224 e. The van der Waals surface area contributed by atoms with Crippen LogP contribution in [-0.4, -0.2) is 63.5 Å². The zero-order valence-corrected chi connectivity index (χ0v) is 16.2. The molecule has 7 heteroatoms. The fourth-order valence-electron chi connectivity index (χ4n) is 3.15. The molecular weight excluding hydrogens is 338 g/mol. The number of rotatable bonds is 8. The Hall–Kier alpha value is -1.76. The molecule has 1 amide bonds. The number of benzene rings is 1. The minimum Gasteiger partial charge on any atom is -0.385 e. The number of nitrogens with zero attached hydrogens (tertiary/aromatic N) is 2. The van der Waals surface area contributed by atoms with Crippen LogP contribution in [0.2, 0.25) is 0 Å². The van der Waals surface area contributed by atoms with Crippen molar-refractivity contribution in [3.63, 3.8) is 0 Å². The predicted molar refractivity (Wildman–Crippen MR) is 103 cm³/mol. The Kier molecular flexibility index (Phi) is 6.70. The zero-order chi connectivity index (χ0) is 18.4. The van der Waals surface area contributed by atoms with Gasteiger partial charge in [0.05, 0.1) is 11.5 Å². The van der Waals surface area contributed by atoms with E-state index in [4.69, 9.17) is 0 Å². The van der Waals surface area contributed by atoms with Gasteiger partial charge in [0.15, 0.2) is 9.84 Å². The third-order valence-corrected chi connectivity index (χ3v) is 6.56. The standard InChI is InChI=1S/C18H29N3O3S/c1-4-21(5-2)16-8-6-15(7-9-16)19-12-10-18(22)20(3)17-11-13-25(23,24)14-17/h6-9,17,19H,4-5,10-14H2,1-3H3. The average molecular weight is 368 g/mol. The number of carbonyl (C=O) groups excluding carboxylic acids is 1. The van der Waals surface area contributed by atoms with E-state index in [1.54, 1.807) is 11.9 Å². The maximum absolute atomic E-state index is 12.2. The van der Waals surface area contributed by atoms with Gasteiger partial charge in [-0.2, -0.15) is 0 Å². The molecule has 1 N–H and O–H groups in total. The van der Waals surface area contributed by atoms with Crippen molar-refractivity contribution in [2.75, 3.05) is 48.4 Å². The lowest BCUT2D eigenvalue weighted by atomic mass is 10.2. The first-order valence-electron chi connectivity index (χ1n) is 8.91. The largest absolute Gasteiger partial charge is 0.385 e. The molecule has 0 saturated carbocycles. The highest BCUT2D eigenvalue weighted by molar-refractivity contribution is 7.91. The lowest BCUT2D eigenvalue weighted by molar-refractivity contribution is -0.131. The molecule has 0 radical (unpaired) electrons. The highest BCUT2D eigenvalue weighted by Gasteiger charge is 2.32. The van der Waals surface area contributed by atoms with Crippen LogP contribution in [0.25, 0.3) is 0 Å². The van der Waals surface area contributed by atoms with Gasteiger partial charge in [0.25, 0.3) is 0 Å². The van der Waals surface area contributed by atoms with Crippen LogP contribution in [0, 0.1) is 0 Å². The first-order chi connectivity index (χ1) is 11.9. The van der Waals surface area contributed by atoms with Crippen molar-refractivity contribution in [3.8, 4) is 0 Å². The minimum atomic E-state index is -2.97. The molecule has 1 atom stereocenters. The second-order valence-electron chi connectivity index (χ2n) is 6.46. The number of hydrogen-bond donors (Lipinski definition) is 1. The molecule has 140 valence electrons. The van der Waals surface area contributed by atoms with Crippen molar-refractivity contribution in [2.45, 2.75) is 32.7 Å². The van der Waals surface area contributed by atoms with Crippen LogP contribution in [0.1, 0.15) is 26.7 Å². The topological polar surface area (TPSA) is 69.7 Å². The van der Waals surface area contributed by atoms with Gasteiger partial charge in [0.1, 0.15) is 0 Å². The Balaban J connectivity index is 1.79. The van der Waals surface area contributed by atoms with Gasteiger partial charge in [-0.1, -0.05) is 0 Å². The summed E-state index contributed by atoms with van der Waals surface area (Å²) in [5.41, 5.74) is 2.17. The molecule has 1 unspecified atom stereocenters. The Morgan fingerprint density at radius 1 is 1.20 bits per heavy atom. The van der Waals surface area contributed by atoms with Crippen LogP contribution >= 0.6 is 0 Å². The van der Waals surface area contributed by atoms with E-state index in [0.29, 0.717) is 19.4 Å². The minimum absolute atomic E-state index is 0.0191. The van der Waals surface area contributed by atoms with Gasteiger partial charge >= 0.3 is 0 Å². The number of amides is 1. The molecule has 1 aromatic carbocycles. The second-order valence-corrected chi connectivity index (χ2v) is 8.69. The van der Waals surface area contributed by atoms with Crippen LogP contribution in [-0.2, 0) is 14.6 Å². The monoisotopic (exact) mass is 367 g/mol. The summed E-state index contributed by atoms with van der Waals surface area (Å²) in [6, 6.07) is 8.02. The van der Waals surface area contributed by atoms with Crippen molar-refractivity contribution >= 4 is 27.1 Å². The number of nitrogens with one attached hydrogen (secondary N) is 1. The lowest BCUT2D eigenvalue weighted by Gasteiger charge is -2.23. The number of carbonyl (C=O) groups is 1. The van der Waals surface area contributed by atoms with E-state index in [9.17, 15) is 13.2 Å². The molecule has 1 heterocycles. The SMILES string of the molecule is CCN(CC)c1ccc(NCCC(=O)N(C)C2CCS(=O)(=O)C2)cc1. The fraction of sp³-hybridized carbons (Fsp3) is 0.611. The van der Waals surface area contributed by atoms with Crippen molar-refractivity contribution in [2.24, 2.45) is 0 Å². The van der Waals surface area contributed by atoms with E-state index in [-0.39, 0.29) is 23.5 Å². The second kappa shape index (κ2) is 8.56. The van der Waals surface area contributed by atoms with E-state index in [1.807, 2.05) is 12.1 Å². The van der Waals surface area contributed by atoms with Crippen molar-refractivity contribution in [1.82, 2.24) is 4.90 Å². The van der Waals surface area contributed by atoms with Crippen LogP contribution in [0.5, 0.6) is 0 Å². The number of hydrogen-bond acceptors (Lipinski definition) is 5. The van der Waals surface area contributed by atoms with Gasteiger partial charge in [-0.15, -0.1) is 0 Å². The number of sulfone groups is 1. The highest BCUT2D eigenvalue weighted by Crippen LogP contribution is 2.19. The third-order valence-electron chi connectivity index (χ3n) is 4.81. The molecule has 0 bridgehead atoms. The fourth-order valence-corrected chi connectivity index (χ4v) is 4.93. The zero-order valence-electron chi connectivity index (χ0n) is 15.4. The van der Waals surface area contributed by atoms with Gasteiger partial charge in [-0.05, 0) is 44.5 Å². The van der Waals surface area contributed by atoms with Gasteiger partial charge < -0.3 is 15.1 Å².